The van der Waals surface area contributed by atoms with E-state index in [4.69, 9.17) is 5.73 Å². The summed E-state index contributed by atoms with van der Waals surface area (Å²) in [7, 11) is 0. The van der Waals surface area contributed by atoms with Crippen LogP contribution in [-0.4, -0.2) is 42.9 Å². The third kappa shape index (κ3) is 1.48. The first kappa shape index (κ1) is 8.00. The second-order valence-electron chi connectivity index (χ2n) is 2.33. The predicted octanol–water partition coefficient (Wildman–Crippen LogP) is -2.19. The van der Waals surface area contributed by atoms with Crippen molar-refractivity contribution in [3.63, 3.8) is 0 Å². The van der Waals surface area contributed by atoms with E-state index < -0.39 is 6.04 Å². The zero-order chi connectivity index (χ0) is 8.27. The number of carbonyl (C=O) groups is 1. The van der Waals surface area contributed by atoms with Crippen LogP contribution in [0.2, 0.25) is 0 Å². The molecule has 1 unspecified atom stereocenters. The smallest absolute Gasteiger partial charge is 0.312 e. The number of hydrogen-bond acceptors (Lipinski definition) is 3. The summed E-state index contributed by atoms with van der Waals surface area (Å²) in [6, 6.07) is -0.527. The van der Waals surface area contributed by atoms with Gasteiger partial charge in [-0.2, -0.15) is 0 Å². The van der Waals surface area contributed by atoms with Crippen molar-refractivity contribution in [1.29, 1.82) is 0 Å². The summed E-state index contributed by atoms with van der Waals surface area (Å²) in [4.78, 5) is 22.5. The third-order valence-corrected chi connectivity index (χ3v) is 1.67. The Kier molecular flexibility index (Phi) is 2.43. The topological polar surface area (TPSA) is 75.4 Å². The highest BCUT2D eigenvalue weighted by Gasteiger charge is 2.27. The fourth-order valence-electron chi connectivity index (χ4n) is 1.06. The number of nitrogens with one attached hydrogen (secondary N) is 1. The number of rotatable bonds is 2. The van der Waals surface area contributed by atoms with Crippen molar-refractivity contribution in [2.24, 2.45) is 5.73 Å². The maximum atomic E-state index is 11.0. The van der Waals surface area contributed by atoms with Gasteiger partial charge in [-0.3, -0.25) is 9.59 Å². The van der Waals surface area contributed by atoms with Gasteiger partial charge in [-0.1, -0.05) is 0 Å². The Morgan fingerprint density at radius 1 is 1.82 bits per heavy atom. The zero-order valence-electron chi connectivity index (χ0n) is 6.04. The zero-order valence-corrected chi connectivity index (χ0v) is 6.04. The molecule has 1 atom stereocenters. The molecule has 1 aliphatic heterocycles. The quantitative estimate of drug-likeness (QED) is 0.477. The van der Waals surface area contributed by atoms with Crippen LogP contribution in [0.1, 0.15) is 0 Å². The molecule has 0 saturated carbocycles. The van der Waals surface area contributed by atoms with Crippen molar-refractivity contribution >= 4 is 12.3 Å². The summed E-state index contributed by atoms with van der Waals surface area (Å²) < 4.78 is 0. The van der Waals surface area contributed by atoms with E-state index in [1.807, 2.05) is 0 Å². The Bertz CT molecular complexity index is 171. The van der Waals surface area contributed by atoms with Gasteiger partial charge >= 0.3 is 6.41 Å². The molecule has 2 amide bonds. The molecule has 1 saturated heterocycles. The summed E-state index contributed by atoms with van der Waals surface area (Å²) in [5.41, 5.74) is 5.28. The third-order valence-electron chi connectivity index (χ3n) is 1.67. The van der Waals surface area contributed by atoms with Crippen LogP contribution in [0.25, 0.3) is 0 Å². The van der Waals surface area contributed by atoms with Crippen molar-refractivity contribution in [2.75, 3.05) is 19.6 Å². The van der Waals surface area contributed by atoms with Crippen LogP contribution >= 0.6 is 0 Å². The molecule has 0 spiro atoms. The molecule has 11 heavy (non-hydrogen) atoms. The lowest BCUT2D eigenvalue weighted by Crippen LogP contribution is -2.57. The number of piperazine rings is 1. The van der Waals surface area contributed by atoms with Gasteiger partial charge in [0.1, 0.15) is 6.04 Å². The molecule has 1 rings (SSSR count). The molecule has 1 radical (unpaired) electrons. The minimum absolute atomic E-state index is 0.154. The minimum Gasteiger partial charge on any atom is -0.352 e. The molecule has 0 aromatic heterocycles. The largest absolute Gasteiger partial charge is 0.352 e. The molecule has 0 aromatic carbocycles. The summed E-state index contributed by atoms with van der Waals surface area (Å²) in [6.07, 6.45) is 1.68. The lowest BCUT2D eigenvalue weighted by Gasteiger charge is -2.29. The number of amides is 2. The Balaban J connectivity index is 2.63. The van der Waals surface area contributed by atoms with Gasteiger partial charge in [-0.15, -0.1) is 0 Å². The Morgan fingerprint density at radius 3 is 3.00 bits per heavy atom. The second kappa shape index (κ2) is 3.34. The van der Waals surface area contributed by atoms with Gasteiger partial charge in [0, 0.05) is 19.6 Å². The van der Waals surface area contributed by atoms with E-state index in [2.05, 4.69) is 5.32 Å². The van der Waals surface area contributed by atoms with Crippen molar-refractivity contribution in [1.82, 2.24) is 10.2 Å². The van der Waals surface area contributed by atoms with E-state index in [-0.39, 0.29) is 12.5 Å². The fraction of sp³-hybridized carbons (Fsp3) is 0.667. The molecular formula is C6H10N3O2. The standard InChI is InChI=1S/C6H10N3O2/c7-3-5-6(11)8-1-2-9(5)4-10/h5H,1-3,7H2,(H,8,11). The molecule has 5 nitrogen and oxygen atoms in total. The lowest BCUT2D eigenvalue weighted by atomic mass is 10.2. The first-order chi connectivity index (χ1) is 5.29. The highest BCUT2D eigenvalue weighted by Crippen LogP contribution is 1.98. The molecular weight excluding hydrogens is 146 g/mol. The van der Waals surface area contributed by atoms with Gasteiger partial charge in [0.05, 0.1) is 0 Å². The van der Waals surface area contributed by atoms with Crippen molar-refractivity contribution < 1.29 is 9.59 Å². The van der Waals surface area contributed by atoms with E-state index in [0.29, 0.717) is 13.1 Å². The van der Waals surface area contributed by atoms with E-state index in [1.165, 1.54) is 4.90 Å². The molecule has 5 heteroatoms. The monoisotopic (exact) mass is 156 g/mol. The SMILES string of the molecule is NCC1C(=O)NCCN1[C]=O. The van der Waals surface area contributed by atoms with Gasteiger partial charge in [0.15, 0.2) is 0 Å². The van der Waals surface area contributed by atoms with Crippen LogP contribution in [0.3, 0.4) is 0 Å². The molecule has 61 valence electrons. The molecule has 1 aliphatic rings. The predicted molar refractivity (Wildman–Crippen MR) is 38.3 cm³/mol. The van der Waals surface area contributed by atoms with E-state index in [9.17, 15) is 9.59 Å². The number of hydrogen-bond donors (Lipinski definition) is 2. The van der Waals surface area contributed by atoms with Crippen molar-refractivity contribution in [3.8, 4) is 0 Å². The van der Waals surface area contributed by atoms with Gasteiger partial charge in [0.25, 0.3) is 0 Å². The molecule has 1 fully saturated rings. The van der Waals surface area contributed by atoms with Crippen LogP contribution in [0.15, 0.2) is 0 Å². The van der Waals surface area contributed by atoms with Gasteiger partial charge in [0.2, 0.25) is 5.91 Å². The summed E-state index contributed by atoms with van der Waals surface area (Å²) in [5.74, 6) is -0.192. The first-order valence-electron chi connectivity index (χ1n) is 3.42. The molecule has 0 bridgehead atoms. The van der Waals surface area contributed by atoms with Crippen LogP contribution in [0.5, 0.6) is 0 Å². The molecule has 0 aliphatic carbocycles. The van der Waals surface area contributed by atoms with Crippen LogP contribution in [-0.2, 0) is 9.59 Å². The Hall–Kier alpha value is -1.10. The molecule has 0 aromatic rings. The van der Waals surface area contributed by atoms with Crippen LogP contribution in [0, 0.1) is 0 Å². The summed E-state index contributed by atoms with van der Waals surface area (Å²) in [6.45, 7) is 1.14. The average molecular weight is 156 g/mol. The normalized spacial score (nSPS) is 24.6. The maximum Gasteiger partial charge on any atom is 0.312 e. The first-order valence-corrected chi connectivity index (χ1v) is 3.42. The minimum atomic E-state index is -0.527. The average Bonchev–Trinajstić information content (AvgIpc) is 2.04. The second-order valence-corrected chi connectivity index (χ2v) is 2.33. The van der Waals surface area contributed by atoms with Gasteiger partial charge in [-0.25, -0.2) is 0 Å². The summed E-state index contributed by atoms with van der Waals surface area (Å²) >= 11 is 0. The number of nitrogens with two attached hydrogens (primary N) is 1. The van der Waals surface area contributed by atoms with E-state index in [0.717, 1.165) is 0 Å². The van der Waals surface area contributed by atoms with Crippen LogP contribution < -0.4 is 11.1 Å². The maximum absolute atomic E-state index is 11.0. The van der Waals surface area contributed by atoms with E-state index in [1.54, 1.807) is 6.41 Å². The van der Waals surface area contributed by atoms with Crippen molar-refractivity contribution in [3.05, 3.63) is 0 Å². The lowest BCUT2D eigenvalue weighted by molar-refractivity contribution is -0.126. The molecule has 3 N–H and O–H groups in total. The summed E-state index contributed by atoms with van der Waals surface area (Å²) in [5, 5.41) is 2.61. The highest BCUT2D eigenvalue weighted by atomic mass is 16.2. The number of carbonyl (C=O) groups excluding carboxylic acids is 2. The fourth-order valence-corrected chi connectivity index (χ4v) is 1.06. The van der Waals surface area contributed by atoms with Crippen molar-refractivity contribution in [2.45, 2.75) is 6.04 Å². The number of nitrogens with zero attached hydrogens (tertiary/aromatic N) is 1. The highest BCUT2D eigenvalue weighted by molar-refractivity contribution is 5.84. The Morgan fingerprint density at radius 2 is 2.55 bits per heavy atom. The van der Waals surface area contributed by atoms with Gasteiger partial charge < -0.3 is 16.0 Å². The molecule has 1 heterocycles. The van der Waals surface area contributed by atoms with Gasteiger partial charge in [-0.05, 0) is 0 Å². The van der Waals surface area contributed by atoms with Crippen LogP contribution in [0.4, 0.5) is 0 Å². The van der Waals surface area contributed by atoms with E-state index >= 15 is 0 Å². The Labute approximate surface area is 64.5 Å².